The molecule has 1 unspecified atom stereocenters. The number of hydrogen-bond donors (Lipinski definition) is 2. The van der Waals surface area contributed by atoms with Gasteiger partial charge in [-0.1, -0.05) is 0 Å². The van der Waals surface area contributed by atoms with E-state index in [1.54, 1.807) is 6.07 Å². The molecule has 96 valence electrons. The first-order chi connectivity index (χ1) is 7.88. The largest absolute Gasteiger partial charge is 0.472 e. The maximum Gasteiger partial charge on any atom is 0.237 e. The average Bonchev–Trinajstić information content (AvgIpc) is 2.74. The van der Waals surface area contributed by atoms with Crippen molar-refractivity contribution in [3.8, 4) is 0 Å². The molecule has 0 spiro atoms. The lowest BCUT2D eigenvalue weighted by Crippen LogP contribution is -2.41. The van der Waals surface area contributed by atoms with E-state index in [-0.39, 0.29) is 18.1 Å². The van der Waals surface area contributed by atoms with Crippen molar-refractivity contribution < 1.29 is 17.6 Å². The molecule has 0 aliphatic carbocycles. The highest BCUT2D eigenvalue weighted by molar-refractivity contribution is 7.90. The van der Waals surface area contributed by atoms with Crippen LogP contribution in [-0.4, -0.2) is 32.4 Å². The average molecular weight is 260 g/mol. The fraction of sp³-hybridized carbons (Fsp3) is 0.500. The molecule has 17 heavy (non-hydrogen) atoms. The Bertz CT molecular complexity index is 453. The van der Waals surface area contributed by atoms with Crippen molar-refractivity contribution in [1.82, 2.24) is 5.32 Å². The lowest BCUT2D eigenvalue weighted by Gasteiger charge is -2.10. The second-order valence-electron chi connectivity index (χ2n) is 3.87. The molecule has 0 bridgehead atoms. The molecule has 7 heteroatoms. The van der Waals surface area contributed by atoms with Gasteiger partial charge in [0.2, 0.25) is 5.91 Å². The van der Waals surface area contributed by atoms with Crippen LogP contribution in [0.4, 0.5) is 0 Å². The maximum atomic E-state index is 11.5. The summed E-state index contributed by atoms with van der Waals surface area (Å²) in [5.41, 5.74) is 6.39. The van der Waals surface area contributed by atoms with Gasteiger partial charge in [0, 0.05) is 18.4 Å². The summed E-state index contributed by atoms with van der Waals surface area (Å²) in [5, 5.41) is 2.60. The van der Waals surface area contributed by atoms with Gasteiger partial charge in [0.05, 0.1) is 24.3 Å². The van der Waals surface area contributed by atoms with Crippen molar-refractivity contribution in [2.75, 3.05) is 12.0 Å². The van der Waals surface area contributed by atoms with Gasteiger partial charge in [0.1, 0.15) is 9.84 Å². The van der Waals surface area contributed by atoms with Crippen LogP contribution < -0.4 is 11.1 Å². The second-order valence-corrected chi connectivity index (χ2v) is 6.13. The molecule has 0 saturated heterocycles. The number of sulfone groups is 1. The van der Waals surface area contributed by atoms with Gasteiger partial charge in [-0.15, -0.1) is 0 Å². The monoisotopic (exact) mass is 260 g/mol. The Kier molecular flexibility index (Phi) is 4.71. The van der Waals surface area contributed by atoms with Gasteiger partial charge in [-0.25, -0.2) is 8.42 Å². The molecule has 6 nitrogen and oxygen atoms in total. The summed E-state index contributed by atoms with van der Waals surface area (Å²) >= 11 is 0. The van der Waals surface area contributed by atoms with E-state index in [0.717, 1.165) is 11.8 Å². The van der Waals surface area contributed by atoms with Crippen molar-refractivity contribution in [2.24, 2.45) is 5.73 Å². The number of carbonyl (C=O) groups is 1. The third-order valence-electron chi connectivity index (χ3n) is 2.18. The molecular weight excluding hydrogens is 244 g/mol. The second kappa shape index (κ2) is 5.83. The number of furan rings is 1. The summed E-state index contributed by atoms with van der Waals surface area (Å²) in [6.45, 7) is 0.321. The van der Waals surface area contributed by atoms with E-state index in [1.165, 1.54) is 12.5 Å². The minimum Gasteiger partial charge on any atom is -0.472 e. The molecule has 3 N–H and O–H groups in total. The molecule has 1 aromatic heterocycles. The van der Waals surface area contributed by atoms with Crippen LogP contribution in [0.3, 0.4) is 0 Å². The van der Waals surface area contributed by atoms with E-state index in [0.29, 0.717) is 6.54 Å². The van der Waals surface area contributed by atoms with Gasteiger partial charge >= 0.3 is 0 Å². The standard InChI is InChI=1S/C10H16N2O4S/c1-17(14,15)5-3-9(11)10(13)12-6-8-2-4-16-7-8/h2,4,7,9H,3,5-6,11H2,1H3,(H,12,13). The molecule has 0 aliphatic heterocycles. The zero-order valence-electron chi connectivity index (χ0n) is 9.55. The first kappa shape index (κ1) is 13.7. The van der Waals surface area contributed by atoms with E-state index >= 15 is 0 Å². The molecule has 0 radical (unpaired) electrons. The molecule has 0 fully saturated rings. The minimum absolute atomic E-state index is 0.0900. The topological polar surface area (TPSA) is 102 Å². The summed E-state index contributed by atoms with van der Waals surface area (Å²) in [7, 11) is -3.09. The normalized spacial score (nSPS) is 13.3. The van der Waals surface area contributed by atoms with Gasteiger partial charge in [-0.05, 0) is 12.5 Å². The predicted molar refractivity (Wildman–Crippen MR) is 62.9 cm³/mol. The third kappa shape index (κ3) is 5.50. The van der Waals surface area contributed by atoms with Crippen LogP contribution in [-0.2, 0) is 21.2 Å². The van der Waals surface area contributed by atoms with Crippen LogP contribution in [0.25, 0.3) is 0 Å². The number of nitrogens with one attached hydrogen (secondary N) is 1. The highest BCUT2D eigenvalue weighted by atomic mass is 32.2. The van der Waals surface area contributed by atoms with Gasteiger partial charge < -0.3 is 15.5 Å². The number of carbonyl (C=O) groups excluding carboxylic acids is 1. The summed E-state index contributed by atoms with van der Waals surface area (Å²) in [6.07, 6.45) is 4.26. The third-order valence-corrected chi connectivity index (χ3v) is 3.16. The maximum absolute atomic E-state index is 11.5. The molecule has 1 amide bonds. The van der Waals surface area contributed by atoms with E-state index in [4.69, 9.17) is 10.2 Å². The summed E-state index contributed by atoms with van der Waals surface area (Å²) in [6, 6.07) is 0.916. The number of amides is 1. The summed E-state index contributed by atoms with van der Waals surface area (Å²) in [5.74, 6) is -0.456. The van der Waals surface area contributed by atoms with Gasteiger partial charge in [-0.3, -0.25) is 4.79 Å². The lowest BCUT2D eigenvalue weighted by atomic mass is 10.2. The van der Waals surface area contributed by atoms with Gasteiger partial charge in [-0.2, -0.15) is 0 Å². The highest BCUT2D eigenvalue weighted by Gasteiger charge is 2.15. The minimum atomic E-state index is -3.09. The number of rotatable bonds is 6. The predicted octanol–water partition coefficient (Wildman–Crippen LogP) is -0.342. The molecule has 0 aliphatic rings. The van der Waals surface area contributed by atoms with Crippen LogP contribution in [0, 0.1) is 0 Å². The first-order valence-electron chi connectivity index (χ1n) is 5.10. The quantitative estimate of drug-likeness (QED) is 0.728. The van der Waals surface area contributed by atoms with Crippen molar-refractivity contribution >= 4 is 15.7 Å². The van der Waals surface area contributed by atoms with E-state index in [9.17, 15) is 13.2 Å². The Morgan fingerprint density at radius 1 is 1.59 bits per heavy atom. The van der Waals surface area contributed by atoms with Crippen LogP contribution in [0.1, 0.15) is 12.0 Å². The molecular formula is C10H16N2O4S. The molecule has 1 heterocycles. The van der Waals surface area contributed by atoms with Crippen LogP contribution in [0.2, 0.25) is 0 Å². The molecule has 1 aromatic rings. The fourth-order valence-corrected chi connectivity index (χ4v) is 1.87. The van der Waals surface area contributed by atoms with Gasteiger partial charge in [0.15, 0.2) is 0 Å². The van der Waals surface area contributed by atoms with Crippen LogP contribution in [0.5, 0.6) is 0 Å². The van der Waals surface area contributed by atoms with E-state index in [1.807, 2.05) is 0 Å². The first-order valence-corrected chi connectivity index (χ1v) is 7.16. The fourth-order valence-electron chi connectivity index (χ4n) is 1.19. The molecule has 1 atom stereocenters. The summed E-state index contributed by atoms with van der Waals surface area (Å²) in [4.78, 5) is 11.5. The zero-order chi connectivity index (χ0) is 12.9. The lowest BCUT2D eigenvalue weighted by molar-refractivity contribution is -0.122. The van der Waals surface area contributed by atoms with Crippen LogP contribution >= 0.6 is 0 Å². The Morgan fingerprint density at radius 2 is 2.29 bits per heavy atom. The number of nitrogens with two attached hydrogens (primary N) is 1. The van der Waals surface area contributed by atoms with Gasteiger partial charge in [0.25, 0.3) is 0 Å². The Hall–Kier alpha value is -1.34. The van der Waals surface area contributed by atoms with Crippen molar-refractivity contribution in [2.45, 2.75) is 19.0 Å². The van der Waals surface area contributed by atoms with E-state index < -0.39 is 15.9 Å². The molecule has 1 rings (SSSR count). The summed E-state index contributed by atoms with van der Waals surface area (Å²) < 4.78 is 26.6. The zero-order valence-corrected chi connectivity index (χ0v) is 10.4. The molecule has 0 saturated carbocycles. The Balaban J connectivity index is 2.32. The molecule has 0 aromatic carbocycles. The Morgan fingerprint density at radius 3 is 2.82 bits per heavy atom. The van der Waals surface area contributed by atoms with Crippen molar-refractivity contribution in [1.29, 1.82) is 0 Å². The van der Waals surface area contributed by atoms with Crippen molar-refractivity contribution in [3.63, 3.8) is 0 Å². The van der Waals surface area contributed by atoms with Crippen LogP contribution in [0.15, 0.2) is 23.0 Å². The SMILES string of the molecule is CS(=O)(=O)CCC(N)C(=O)NCc1ccoc1. The number of hydrogen-bond acceptors (Lipinski definition) is 5. The Labute approximate surface area is 100 Å². The smallest absolute Gasteiger partial charge is 0.237 e. The van der Waals surface area contributed by atoms with E-state index in [2.05, 4.69) is 5.32 Å². The van der Waals surface area contributed by atoms with Crippen molar-refractivity contribution in [3.05, 3.63) is 24.2 Å². The highest BCUT2D eigenvalue weighted by Crippen LogP contribution is 1.99.